The molecule has 1 unspecified atom stereocenters. The SMILES string of the molecule is [CH2]CC(Cl)CCCCCC. The molecule has 0 bridgehead atoms. The summed E-state index contributed by atoms with van der Waals surface area (Å²) in [6, 6.07) is 0. The van der Waals surface area contributed by atoms with Gasteiger partial charge in [-0.05, 0) is 12.8 Å². The summed E-state index contributed by atoms with van der Waals surface area (Å²) in [6.45, 7) is 5.97. The fourth-order valence-corrected chi connectivity index (χ4v) is 1.09. The highest BCUT2D eigenvalue weighted by molar-refractivity contribution is 6.20. The second kappa shape index (κ2) is 7.40. The van der Waals surface area contributed by atoms with Gasteiger partial charge in [-0.1, -0.05) is 39.5 Å². The van der Waals surface area contributed by atoms with E-state index in [2.05, 4.69) is 13.8 Å². The first kappa shape index (κ1) is 10.3. The van der Waals surface area contributed by atoms with Crippen LogP contribution in [-0.4, -0.2) is 5.38 Å². The number of rotatable bonds is 6. The van der Waals surface area contributed by atoms with Crippen molar-refractivity contribution < 1.29 is 0 Å². The Morgan fingerprint density at radius 3 is 2.50 bits per heavy atom. The van der Waals surface area contributed by atoms with Crippen LogP contribution in [0.2, 0.25) is 0 Å². The summed E-state index contributed by atoms with van der Waals surface area (Å²) in [4.78, 5) is 0. The zero-order valence-electron chi connectivity index (χ0n) is 6.91. The Labute approximate surface area is 70.0 Å². The third kappa shape index (κ3) is 6.41. The zero-order valence-corrected chi connectivity index (χ0v) is 7.66. The summed E-state index contributed by atoms with van der Waals surface area (Å²) in [6.07, 6.45) is 7.27. The lowest BCUT2D eigenvalue weighted by atomic mass is 10.1. The van der Waals surface area contributed by atoms with Crippen molar-refractivity contribution in [2.45, 2.75) is 50.8 Å². The number of halogens is 1. The van der Waals surface area contributed by atoms with E-state index < -0.39 is 0 Å². The van der Waals surface area contributed by atoms with Gasteiger partial charge in [-0.15, -0.1) is 11.6 Å². The van der Waals surface area contributed by atoms with Crippen LogP contribution in [0.25, 0.3) is 0 Å². The molecule has 0 aliphatic heterocycles. The van der Waals surface area contributed by atoms with E-state index in [0.29, 0.717) is 5.38 Å². The van der Waals surface area contributed by atoms with Crippen molar-refractivity contribution in [1.82, 2.24) is 0 Å². The van der Waals surface area contributed by atoms with Gasteiger partial charge in [0, 0.05) is 5.38 Å². The van der Waals surface area contributed by atoms with Gasteiger partial charge < -0.3 is 0 Å². The van der Waals surface area contributed by atoms with Gasteiger partial charge >= 0.3 is 0 Å². The molecule has 61 valence electrons. The van der Waals surface area contributed by atoms with Crippen LogP contribution in [-0.2, 0) is 0 Å². The Morgan fingerprint density at radius 2 is 2.00 bits per heavy atom. The van der Waals surface area contributed by atoms with Crippen molar-refractivity contribution in [3.05, 3.63) is 6.92 Å². The van der Waals surface area contributed by atoms with Crippen molar-refractivity contribution in [2.24, 2.45) is 0 Å². The molecule has 0 saturated carbocycles. The summed E-state index contributed by atoms with van der Waals surface area (Å²) in [5, 5.41) is 0.317. The van der Waals surface area contributed by atoms with Gasteiger partial charge in [-0.3, -0.25) is 0 Å². The topological polar surface area (TPSA) is 0 Å². The predicted octanol–water partition coefficient (Wildman–Crippen LogP) is 3.79. The van der Waals surface area contributed by atoms with Crippen molar-refractivity contribution in [3.8, 4) is 0 Å². The summed E-state index contributed by atoms with van der Waals surface area (Å²) in [7, 11) is 0. The summed E-state index contributed by atoms with van der Waals surface area (Å²) >= 11 is 5.88. The monoisotopic (exact) mass is 161 g/mol. The quantitative estimate of drug-likeness (QED) is 0.411. The fourth-order valence-electron chi connectivity index (χ4n) is 0.937. The molecule has 0 heterocycles. The van der Waals surface area contributed by atoms with Gasteiger partial charge in [0.25, 0.3) is 0 Å². The van der Waals surface area contributed by atoms with Crippen LogP contribution >= 0.6 is 11.6 Å². The highest BCUT2D eigenvalue weighted by atomic mass is 35.5. The van der Waals surface area contributed by atoms with Crippen LogP contribution < -0.4 is 0 Å². The molecule has 1 heteroatoms. The minimum absolute atomic E-state index is 0.317. The van der Waals surface area contributed by atoms with E-state index in [1.807, 2.05) is 0 Å². The lowest BCUT2D eigenvalue weighted by Crippen LogP contribution is -1.94. The average Bonchev–Trinajstić information content (AvgIpc) is 1.98. The molecule has 0 aromatic heterocycles. The van der Waals surface area contributed by atoms with Crippen LogP contribution in [0.15, 0.2) is 0 Å². The minimum atomic E-state index is 0.317. The van der Waals surface area contributed by atoms with Gasteiger partial charge in [0.2, 0.25) is 0 Å². The lowest BCUT2D eigenvalue weighted by Gasteiger charge is -2.04. The zero-order chi connectivity index (χ0) is 7.82. The van der Waals surface area contributed by atoms with Crippen molar-refractivity contribution in [2.75, 3.05) is 0 Å². The molecule has 0 aliphatic rings. The first-order valence-corrected chi connectivity index (χ1v) is 4.68. The van der Waals surface area contributed by atoms with Gasteiger partial charge in [-0.25, -0.2) is 0 Å². The Balaban J connectivity index is 2.89. The van der Waals surface area contributed by atoms with Crippen LogP contribution in [0.4, 0.5) is 0 Å². The van der Waals surface area contributed by atoms with Gasteiger partial charge in [0.15, 0.2) is 0 Å². The molecule has 0 saturated heterocycles. The maximum atomic E-state index is 5.88. The van der Waals surface area contributed by atoms with Crippen molar-refractivity contribution in [3.63, 3.8) is 0 Å². The summed E-state index contributed by atoms with van der Waals surface area (Å²) < 4.78 is 0. The maximum absolute atomic E-state index is 5.88. The molecule has 0 aliphatic carbocycles. The third-order valence-electron chi connectivity index (χ3n) is 1.68. The van der Waals surface area contributed by atoms with Crippen molar-refractivity contribution >= 4 is 11.6 Å². The molecule has 0 spiro atoms. The molecule has 10 heavy (non-hydrogen) atoms. The second-order valence-electron chi connectivity index (χ2n) is 2.74. The van der Waals surface area contributed by atoms with Gasteiger partial charge in [0.1, 0.15) is 0 Å². The highest BCUT2D eigenvalue weighted by Crippen LogP contribution is 2.12. The second-order valence-corrected chi connectivity index (χ2v) is 3.35. The summed E-state index contributed by atoms with van der Waals surface area (Å²) in [5.74, 6) is 0. The third-order valence-corrected chi connectivity index (χ3v) is 2.12. The smallest absolute Gasteiger partial charge is 0.0336 e. The van der Waals surface area contributed by atoms with E-state index in [1.54, 1.807) is 0 Å². The van der Waals surface area contributed by atoms with E-state index in [9.17, 15) is 0 Å². The molecule has 0 aromatic rings. The van der Waals surface area contributed by atoms with E-state index in [-0.39, 0.29) is 0 Å². The summed E-state index contributed by atoms with van der Waals surface area (Å²) in [5.41, 5.74) is 0. The van der Waals surface area contributed by atoms with Crippen LogP contribution in [0.3, 0.4) is 0 Å². The van der Waals surface area contributed by atoms with Crippen LogP contribution in [0, 0.1) is 6.92 Å². The number of hydrogen-bond donors (Lipinski definition) is 0. The van der Waals surface area contributed by atoms with E-state index in [4.69, 9.17) is 11.6 Å². The molecule has 0 N–H and O–H groups in total. The Kier molecular flexibility index (Phi) is 7.61. The Bertz CT molecular complexity index is 61.7. The molecule has 1 radical (unpaired) electrons. The van der Waals surface area contributed by atoms with E-state index in [1.165, 1.54) is 25.7 Å². The molecule has 0 nitrogen and oxygen atoms in total. The lowest BCUT2D eigenvalue weighted by molar-refractivity contribution is 0.615. The van der Waals surface area contributed by atoms with E-state index >= 15 is 0 Å². The first-order chi connectivity index (χ1) is 4.81. The molecule has 1 atom stereocenters. The number of alkyl halides is 1. The molecule has 0 amide bonds. The number of unbranched alkanes of at least 4 members (excludes halogenated alkanes) is 3. The maximum Gasteiger partial charge on any atom is 0.0336 e. The molecule has 0 fully saturated rings. The Hall–Kier alpha value is 0.290. The number of hydrogen-bond acceptors (Lipinski definition) is 0. The molecule has 0 rings (SSSR count). The van der Waals surface area contributed by atoms with Crippen LogP contribution in [0.1, 0.15) is 45.4 Å². The Morgan fingerprint density at radius 1 is 1.30 bits per heavy atom. The van der Waals surface area contributed by atoms with Gasteiger partial charge in [0.05, 0.1) is 0 Å². The predicted molar refractivity (Wildman–Crippen MR) is 48.4 cm³/mol. The standard InChI is InChI=1S/C9H18Cl/c1-3-5-6-7-8-9(10)4-2/h9H,2-8H2,1H3. The van der Waals surface area contributed by atoms with E-state index in [0.717, 1.165) is 12.8 Å². The molecular weight excluding hydrogens is 144 g/mol. The highest BCUT2D eigenvalue weighted by Gasteiger charge is 1.98. The van der Waals surface area contributed by atoms with Gasteiger partial charge in [-0.2, -0.15) is 0 Å². The van der Waals surface area contributed by atoms with Crippen LogP contribution in [0.5, 0.6) is 0 Å². The normalized spacial score (nSPS) is 13.5. The fraction of sp³-hybridized carbons (Fsp3) is 0.889. The molecule has 0 aromatic carbocycles. The molecular formula is C9H18Cl. The first-order valence-electron chi connectivity index (χ1n) is 4.24. The van der Waals surface area contributed by atoms with Crippen molar-refractivity contribution in [1.29, 1.82) is 0 Å². The minimum Gasteiger partial charge on any atom is -0.123 e. The average molecular weight is 162 g/mol. The largest absolute Gasteiger partial charge is 0.123 e.